The average molecular weight is 527 g/mol. The van der Waals surface area contributed by atoms with Crippen LogP contribution in [-0.2, 0) is 42.9 Å². The molecular weight excluding hydrogens is 500 g/mol. The van der Waals surface area contributed by atoms with Gasteiger partial charge in [-0.3, -0.25) is 39.8 Å². The summed E-state index contributed by atoms with van der Waals surface area (Å²) >= 11 is 5.19. The van der Waals surface area contributed by atoms with Crippen molar-refractivity contribution in [1.29, 1.82) is 0 Å². The van der Waals surface area contributed by atoms with Crippen molar-refractivity contribution in [2.45, 2.75) is 58.3 Å². The summed E-state index contributed by atoms with van der Waals surface area (Å²) in [6, 6.07) is 2.96. The minimum Gasteiger partial charge on any atom is -0.463 e. The largest absolute Gasteiger partial charge is 0.463 e. The first-order chi connectivity index (χ1) is 17.0. The lowest BCUT2D eigenvalue weighted by Crippen LogP contribution is -2.67. The molecule has 0 radical (unpaired) electrons. The van der Waals surface area contributed by atoms with Crippen LogP contribution in [0.1, 0.15) is 38.1 Å². The number of thiocarbonyl (C=S) groups is 1. The first kappa shape index (κ1) is 28.4. The third kappa shape index (κ3) is 8.74. The monoisotopic (exact) mass is 526 g/mol. The number of amides is 1. The summed E-state index contributed by atoms with van der Waals surface area (Å²) in [5.41, 5.74) is 5.13. The molecule has 15 heteroatoms. The smallest absolute Gasteiger partial charge is 0.303 e. The van der Waals surface area contributed by atoms with E-state index < -0.39 is 67.0 Å². The highest BCUT2D eigenvalue weighted by atomic mass is 32.1. The normalized spacial score (nSPS) is 22.8. The van der Waals surface area contributed by atoms with Crippen molar-refractivity contribution in [2.24, 2.45) is 0 Å². The molecular formula is C21H26N4O10S. The van der Waals surface area contributed by atoms with Crippen LogP contribution in [0, 0.1) is 0 Å². The van der Waals surface area contributed by atoms with E-state index >= 15 is 0 Å². The Kier molecular flexibility index (Phi) is 10.5. The fourth-order valence-electron chi connectivity index (χ4n) is 3.20. The summed E-state index contributed by atoms with van der Waals surface area (Å²) in [6.07, 6.45) is -3.60. The number of esters is 4. The molecule has 196 valence electrons. The lowest BCUT2D eigenvalue weighted by Gasteiger charge is -2.44. The van der Waals surface area contributed by atoms with Crippen LogP contribution in [0.4, 0.5) is 0 Å². The Bertz CT molecular complexity index is 992. The molecule has 0 aliphatic carbocycles. The van der Waals surface area contributed by atoms with E-state index in [2.05, 4.69) is 21.2 Å². The van der Waals surface area contributed by atoms with Gasteiger partial charge >= 0.3 is 23.9 Å². The summed E-state index contributed by atoms with van der Waals surface area (Å²) < 4.78 is 26.8. The maximum atomic E-state index is 12.2. The van der Waals surface area contributed by atoms with Crippen LogP contribution in [0.3, 0.4) is 0 Å². The molecule has 1 aromatic heterocycles. The molecule has 2 heterocycles. The number of hydrogen-bond acceptors (Lipinski definition) is 12. The summed E-state index contributed by atoms with van der Waals surface area (Å²) in [5, 5.41) is 2.53. The first-order valence-corrected chi connectivity index (χ1v) is 11.0. The SMILES string of the molecule is CC(=O)OC[C@@H]1O[C@H](NC(=S)NNC(=O)c2ccncc2)[C@@H](OC(C)=O)[C@@H](OC(C)=O)[C@H]1OC(C)=O. The molecule has 1 aliphatic heterocycles. The van der Waals surface area contributed by atoms with E-state index in [1.807, 2.05) is 0 Å². The van der Waals surface area contributed by atoms with Crippen molar-refractivity contribution in [3.63, 3.8) is 0 Å². The van der Waals surface area contributed by atoms with E-state index in [0.717, 1.165) is 27.7 Å². The van der Waals surface area contributed by atoms with Crippen LogP contribution < -0.4 is 16.2 Å². The van der Waals surface area contributed by atoms with Crippen LogP contribution in [-0.4, -0.2) is 77.1 Å². The van der Waals surface area contributed by atoms with Crippen molar-refractivity contribution < 1.29 is 47.7 Å². The van der Waals surface area contributed by atoms with Gasteiger partial charge in [-0.25, -0.2) is 0 Å². The molecule has 1 fully saturated rings. The van der Waals surface area contributed by atoms with Gasteiger partial charge < -0.3 is 29.0 Å². The quantitative estimate of drug-likeness (QED) is 0.175. The number of carbonyl (C=O) groups excluding carboxylic acids is 5. The van der Waals surface area contributed by atoms with Crippen molar-refractivity contribution in [3.8, 4) is 0 Å². The number of pyridine rings is 1. The number of carbonyl (C=O) groups is 5. The Morgan fingerprint density at radius 2 is 1.42 bits per heavy atom. The van der Waals surface area contributed by atoms with E-state index in [-0.39, 0.29) is 5.11 Å². The van der Waals surface area contributed by atoms with Crippen LogP contribution in [0.5, 0.6) is 0 Å². The number of rotatable bonds is 7. The number of nitrogens with zero attached hydrogens (tertiary/aromatic N) is 1. The number of hydrogen-bond donors (Lipinski definition) is 3. The first-order valence-electron chi connectivity index (χ1n) is 10.5. The number of ether oxygens (including phenoxy) is 5. The molecule has 14 nitrogen and oxygen atoms in total. The third-order valence-electron chi connectivity index (χ3n) is 4.50. The van der Waals surface area contributed by atoms with Gasteiger partial charge in [0.2, 0.25) is 0 Å². The second kappa shape index (κ2) is 13.3. The van der Waals surface area contributed by atoms with Gasteiger partial charge in [0.25, 0.3) is 5.91 Å². The van der Waals surface area contributed by atoms with Gasteiger partial charge in [-0.15, -0.1) is 0 Å². The molecule has 0 bridgehead atoms. The predicted molar refractivity (Wildman–Crippen MR) is 123 cm³/mol. The lowest BCUT2D eigenvalue weighted by molar-refractivity contribution is -0.254. The highest BCUT2D eigenvalue weighted by molar-refractivity contribution is 7.80. The topological polar surface area (TPSA) is 180 Å². The Balaban J connectivity index is 2.26. The molecule has 1 aromatic rings. The average Bonchev–Trinajstić information content (AvgIpc) is 2.79. The van der Waals surface area contributed by atoms with Crippen LogP contribution in [0.2, 0.25) is 0 Å². The third-order valence-corrected chi connectivity index (χ3v) is 4.72. The number of hydrazine groups is 1. The number of nitrogens with one attached hydrogen (secondary N) is 3. The molecule has 2 rings (SSSR count). The van der Waals surface area contributed by atoms with Gasteiger partial charge in [0.15, 0.2) is 29.7 Å². The minimum absolute atomic E-state index is 0.168. The minimum atomic E-state index is -1.36. The maximum absolute atomic E-state index is 12.2. The van der Waals surface area contributed by atoms with Gasteiger partial charge in [-0.1, -0.05) is 0 Å². The molecule has 1 aliphatic rings. The Morgan fingerprint density at radius 1 is 0.861 bits per heavy atom. The molecule has 5 atom stereocenters. The van der Waals surface area contributed by atoms with Crippen molar-refractivity contribution in [1.82, 2.24) is 21.2 Å². The molecule has 36 heavy (non-hydrogen) atoms. The highest BCUT2D eigenvalue weighted by Crippen LogP contribution is 2.28. The van der Waals surface area contributed by atoms with Gasteiger partial charge in [-0.05, 0) is 24.4 Å². The van der Waals surface area contributed by atoms with E-state index in [1.54, 1.807) is 0 Å². The maximum Gasteiger partial charge on any atom is 0.303 e. The van der Waals surface area contributed by atoms with E-state index in [9.17, 15) is 24.0 Å². The van der Waals surface area contributed by atoms with Crippen LogP contribution >= 0.6 is 12.2 Å². The summed E-state index contributed by atoms with van der Waals surface area (Å²) in [6.45, 7) is 4.10. The summed E-state index contributed by atoms with van der Waals surface area (Å²) in [5.74, 6) is -3.46. The van der Waals surface area contributed by atoms with Crippen LogP contribution in [0.25, 0.3) is 0 Å². The molecule has 0 saturated carbocycles. The lowest BCUT2D eigenvalue weighted by atomic mass is 9.97. The molecule has 1 amide bonds. The van der Waals surface area contributed by atoms with Gasteiger partial charge in [0.1, 0.15) is 12.7 Å². The molecule has 3 N–H and O–H groups in total. The predicted octanol–water partition coefficient (Wildman–Crippen LogP) is -0.726. The van der Waals surface area contributed by atoms with E-state index in [4.69, 9.17) is 35.9 Å². The van der Waals surface area contributed by atoms with Gasteiger partial charge in [-0.2, -0.15) is 0 Å². The second-order valence-electron chi connectivity index (χ2n) is 7.41. The van der Waals surface area contributed by atoms with Crippen molar-refractivity contribution in [2.75, 3.05) is 6.61 Å². The highest BCUT2D eigenvalue weighted by Gasteiger charge is 2.52. The Morgan fingerprint density at radius 3 is 1.97 bits per heavy atom. The van der Waals surface area contributed by atoms with Crippen molar-refractivity contribution in [3.05, 3.63) is 30.1 Å². The zero-order chi connectivity index (χ0) is 26.8. The summed E-state index contributed by atoms with van der Waals surface area (Å²) in [7, 11) is 0. The van der Waals surface area contributed by atoms with Crippen molar-refractivity contribution >= 4 is 47.1 Å². The second-order valence-corrected chi connectivity index (χ2v) is 7.82. The van der Waals surface area contributed by atoms with E-state index in [1.165, 1.54) is 24.5 Å². The van der Waals surface area contributed by atoms with E-state index in [0.29, 0.717) is 5.56 Å². The zero-order valence-corrected chi connectivity index (χ0v) is 20.7. The Hall–Kier alpha value is -3.85. The zero-order valence-electron chi connectivity index (χ0n) is 19.8. The van der Waals surface area contributed by atoms with Gasteiger partial charge in [0, 0.05) is 45.7 Å². The van der Waals surface area contributed by atoms with Gasteiger partial charge in [0.05, 0.1) is 0 Å². The number of aromatic nitrogens is 1. The molecule has 0 aromatic carbocycles. The molecule has 1 saturated heterocycles. The standard InChI is InChI=1S/C21H26N4O10S/c1-10(26)31-9-15-16(32-11(2)27)17(33-12(3)28)18(34-13(4)29)20(35-15)23-21(36)25-24-19(30)14-5-7-22-8-6-14/h5-8,15-18,20H,9H2,1-4H3,(H,24,30)(H2,23,25,36)/t15-,16-,17-,18-,20-/m0/s1. The fourth-order valence-corrected chi connectivity index (χ4v) is 3.37. The molecule has 0 spiro atoms. The fraction of sp³-hybridized carbons (Fsp3) is 0.476. The Labute approximate surface area is 211 Å². The van der Waals surface area contributed by atoms with Crippen LogP contribution in [0.15, 0.2) is 24.5 Å². The summed E-state index contributed by atoms with van der Waals surface area (Å²) in [4.78, 5) is 62.9. The molecule has 0 unspecified atom stereocenters.